The first-order valence-electron chi connectivity index (χ1n) is 6.50. The summed E-state index contributed by atoms with van der Waals surface area (Å²) in [5, 5.41) is 2.95. The fourth-order valence-corrected chi connectivity index (χ4v) is 1.40. The first-order chi connectivity index (χ1) is 9.08. The van der Waals surface area contributed by atoms with Crippen LogP contribution in [0.1, 0.15) is 20.3 Å². The molecule has 1 aromatic rings. The van der Waals surface area contributed by atoms with E-state index < -0.39 is 0 Å². The summed E-state index contributed by atoms with van der Waals surface area (Å²) in [7, 11) is 0. The normalized spacial score (nSPS) is 11.7. The van der Waals surface area contributed by atoms with Gasteiger partial charge in [-0.1, -0.05) is 19.9 Å². The van der Waals surface area contributed by atoms with Crippen molar-refractivity contribution in [2.45, 2.75) is 20.3 Å². The molecule has 0 unspecified atom stereocenters. The Morgan fingerprint density at radius 1 is 1.47 bits per heavy atom. The summed E-state index contributed by atoms with van der Waals surface area (Å²) in [6.45, 7) is 5.95. The molecule has 0 heterocycles. The largest absolute Gasteiger partial charge is 0.492 e. The molecule has 0 saturated carbocycles. The topological polar surface area (TPSA) is 59.6 Å². The number of guanidine groups is 1. The second-order valence-corrected chi connectivity index (χ2v) is 4.68. The number of benzene rings is 1. The van der Waals surface area contributed by atoms with Crippen LogP contribution in [-0.2, 0) is 0 Å². The fourth-order valence-electron chi connectivity index (χ4n) is 1.40. The molecule has 0 aromatic heterocycles. The molecule has 0 radical (unpaired) electrons. The van der Waals surface area contributed by atoms with Crippen LogP contribution in [0.5, 0.6) is 5.75 Å². The molecule has 3 N–H and O–H groups in total. The van der Waals surface area contributed by atoms with Gasteiger partial charge >= 0.3 is 0 Å². The number of hydrogen-bond donors (Lipinski definition) is 2. The summed E-state index contributed by atoms with van der Waals surface area (Å²) in [5.41, 5.74) is 5.69. The quantitative estimate of drug-likeness (QED) is 0.452. The summed E-state index contributed by atoms with van der Waals surface area (Å²) in [5.74, 6) is 1.24. The van der Waals surface area contributed by atoms with Crippen LogP contribution in [-0.4, -0.2) is 25.7 Å². The summed E-state index contributed by atoms with van der Waals surface area (Å²) in [4.78, 5) is 4.19. The van der Waals surface area contributed by atoms with Gasteiger partial charge in [0.15, 0.2) is 5.96 Å². The highest BCUT2D eigenvalue weighted by molar-refractivity contribution is 5.77. The van der Waals surface area contributed by atoms with E-state index in [-0.39, 0.29) is 5.82 Å². The molecule has 19 heavy (non-hydrogen) atoms. The van der Waals surface area contributed by atoms with Gasteiger partial charge in [-0.2, -0.15) is 0 Å². The van der Waals surface area contributed by atoms with Crippen molar-refractivity contribution in [3.05, 3.63) is 30.1 Å². The van der Waals surface area contributed by atoms with Crippen LogP contribution in [0.2, 0.25) is 0 Å². The molecule has 0 amide bonds. The van der Waals surface area contributed by atoms with Crippen LogP contribution < -0.4 is 15.8 Å². The van der Waals surface area contributed by atoms with Crippen LogP contribution in [0.15, 0.2) is 29.3 Å². The zero-order chi connectivity index (χ0) is 14.1. The van der Waals surface area contributed by atoms with Crippen molar-refractivity contribution in [1.29, 1.82) is 0 Å². The van der Waals surface area contributed by atoms with E-state index in [9.17, 15) is 4.39 Å². The molecule has 1 aromatic carbocycles. The maximum Gasteiger partial charge on any atom is 0.188 e. The van der Waals surface area contributed by atoms with Crippen molar-refractivity contribution in [2.24, 2.45) is 16.6 Å². The molecule has 4 nitrogen and oxygen atoms in total. The monoisotopic (exact) mass is 267 g/mol. The molecule has 0 fully saturated rings. The van der Waals surface area contributed by atoms with Gasteiger partial charge < -0.3 is 15.8 Å². The van der Waals surface area contributed by atoms with E-state index >= 15 is 0 Å². The zero-order valence-electron chi connectivity index (χ0n) is 11.5. The third kappa shape index (κ3) is 7.28. The van der Waals surface area contributed by atoms with E-state index in [1.807, 2.05) is 0 Å². The lowest BCUT2D eigenvalue weighted by molar-refractivity contribution is 0.320. The van der Waals surface area contributed by atoms with Gasteiger partial charge in [-0.25, -0.2) is 4.39 Å². The molecule has 0 aliphatic carbocycles. The Morgan fingerprint density at radius 2 is 2.26 bits per heavy atom. The van der Waals surface area contributed by atoms with E-state index in [0.29, 0.717) is 30.8 Å². The first kappa shape index (κ1) is 15.3. The average molecular weight is 267 g/mol. The smallest absolute Gasteiger partial charge is 0.188 e. The van der Waals surface area contributed by atoms with Gasteiger partial charge in [-0.3, -0.25) is 4.99 Å². The first-order valence-corrected chi connectivity index (χ1v) is 6.50. The van der Waals surface area contributed by atoms with Gasteiger partial charge in [0.05, 0.1) is 6.54 Å². The van der Waals surface area contributed by atoms with E-state index in [1.165, 1.54) is 12.1 Å². The molecule has 1 rings (SSSR count). The van der Waals surface area contributed by atoms with Crippen LogP contribution >= 0.6 is 0 Å². The minimum absolute atomic E-state index is 0.305. The van der Waals surface area contributed by atoms with Crippen molar-refractivity contribution in [1.82, 2.24) is 5.32 Å². The molecule has 0 aliphatic heterocycles. The zero-order valence-corrected chi connectivity index (χ0v) is 11.5. The summed E-state index contributed by atoms with van der Waals surface area (Å²) in [6, 6.07) is 6.05. The van der Waals surface area contributed by atoms with Crippen molar-refractivity contribution in [3.8, 4) is 5.75 Å². The van der Waals surface area contributed by atoms with Gasteiger partial charge in [-0.05, 0) is 24.5 Å². The molecular formula is C14H22FN3O. The molecule has 0 saturated heterocycles. The lowest BCUT2D eigenvalue weighted by Gasteiger charge is -2.08. The number of nitrogens with two attached hydrogens (primary N) is 1. The van der Waals surface area contributed by atoms with Gasteiger partial charge in [0.1, 0.15) is 18.2 Å². The van der Waals surface area contributed by atoms with Crippen LogP contribution in [0.3, 0.4) is 0 Å². The Morgan fingerprint density at radius 3 is 2.95 bits per heavy atom. The predicted octanol–water partition coefficient (Wildman–Crippen LogP) is 2.15. The van der Waals surface area contributed by atoms with Crippen molar-refractivity contribution in [2.75, 3.05) is 19.7 Å². The lowest BCUT2D eigenvalue weighted by Crippen LogP contribution is -2.34. The minimum Gasteiger partial charge on any atom is -0.492 e. The molecule has 5 heteroatoms. The predicted molar refractivity (Wildman–Crippen MR) is 75.8 cm³/mol. The second kappa shape index (κ2) is 8.34. The Kier molecular flexibility index (Phi) is 6.71. The van der Waals surface area contributed by atoms with Crippen LogP contribution in [0.4, 0.5) is 4.39 Å². The van der Waals surface area contributed by atoms with E-state index in [4.69, 9.17) is 10.5 Å². The third-order valence-electron chi connectivity index (χ3n) is 2.46. The highest BCUT2D eigenvalue weighted by atomic mass is 19.1. The summed E-state index contributed by atoms with van der Waals surface area (Å²) in [6.07, 6.45) is 1.02. The van der Waals surface area contributed by atoms with Gasteiger partial charge in [0.2, 0.25) is 0 Å². The Labute approximate surface area is 113 Å². The van der Waals surface area contributed by atoms with Crippen molar-refractivity contribution < 1.29 is 9.13 Å². The number of hydrogen-bond acceptors (Lipinski definition) is 2. The van der Waals surface area contributed by atoms with E-state index in [1.54, 1.807) is 12.1 Å². The number of rotatable bonds is 7. The Hall–Kier alpha value is -1.78. The van der Waals surface area contributed by atoms with Gasteiger partial charge in [-0.15, -0.1) is 0 Å². The number of nitrogens with zero attached hydrogens (tertiary/aromatic N) is 1. The standard InChI is InChI=1S/C14H22FN3O/c1-11(2)6-7-17-14(16)18-8-9-19-13-5-3-4-12(15)10-13/h3-5,10-11H,6-9H2,1-2H3,(H3,16,17,18). The average Bonchev–Trinajstić information content (AvgIpc) is 2.34. The van der Waals surface area contributed by atoms with Crippen molar-refractivity contribution in [3.63, 3.8) is 0 Å². The number of aliphatic imine (C=N–C) groups is 1. The maximum atomic E-state index is 12.9. The van der Waals surface area contributed by atoms with Crippen molar-refractivity contribution >= 4 is 5.96 Å². The number of halogens is 1. The van der Waals surface area contributed by atoms with Crippen LogP contribution in [0.25, 0.3) is 0 Å². The molecular weight excluding hydrogens is 245 g/mol. The second-order valence-electron chi connectivity index (χ2n) is 4.68. The number of nitrogens with one attached hydrogen (secondary N) is 1. The van der Waals surface area contributed by atoms with Crippen LogP contribution in [0, 0.1) is 11.7 Å². The van der Waals surface area contributed by atoms with E-state index in [2.05, 4.69) is 24.2 Å². The maximum absolute atomic E-state index is 12.9. The molecule has 0 atom stereocenters. The number of ether oxygens (including phenoxy) is 1. The Balaban J connectivity index is 2.16. The third-order valence-corrected chi connectivity index (χ3v) is 2.46. The molecule has 0 aliphatic rings. The minimum atomic E-state index is -0.305. The summed E-state index contributed by atoms with van der Waals surface area (Å²) < 4.78 is 18.2. The van der Waals surface area contributed by atoms with E-state index in [0.717, 1.165) is 13.0 Å². The lowest BCUT2D eigenvalue weighted by atomic mass is 10.1. The fraction of sp³-hybridized carbons (Fsp3) is 0.500. The molecule has 0 bridgehead atoms. The Bertz CT molecular complexity index is 407. The van der Waals surface area contributed by atoms with Gasteiger partial charge in [0.25, 0.3) is 0 Å². The highest BCUT2D eigenvalue weighted by Crippen LogP contribution is 2.11. The highest BCUT2D eigenvalue weighted by Gasteiger charge is 1.97. The molecule has 0 spiro atoms. The summed E-state index contributed by atoms with van der Waals surface area (Å²) >= 11 is 0. The SMILES string of the molecule is CC(C)CCN=C(N)NCCOc1cccc(F)c1. The molecule has 106 valence electrons. The van der Waals surface area contributed by atoms with Gasteiger partial charge in [0, 0.05) is 12.6 Å².